The SMILES string of the molecule is C=CCO[C@H]1O[C@H](COCc2ccccc2)[C@@H](OCc2ccccc2)[C@H](OC(=O)OC(C)(C)C(Cl)(Cl)Cl)[C@H]1NC(=O)OCC(Cl)(Cl)Cl. The van der Waals surface area contributed by atoms with Crippen LogP contribution in [0.5, 0.6) is 0 Å². The molecule has 47 heavy (non-hydrogen) atoms. The summed E-state index contributed by atoms with van der Waals surface area (Å²) in [6.45, 7) is 6.08. The molecule has 2 aromatic carbocycles. The first-order valence-corrected chi connectivity index (χ1v) is 16.5. The van der Waals surface area contributed by atoms with Gasteiger partial charge in [-0.05, 0) is 25.0 Å². The second-order valence-electron chi connectivity index (χ2n) is 10.7. The Morgan fingerprint density at radius 1 is 0.894 bits per heavy atom. The molecular weight excluding hydrogens is 743 g/mol. The number of hydrogen-bond acceptors (Lipinski definition) is 9. The summed E-state index contributed by atoms with van der Waals surface area (Å²) in [6.07, 6.45) is -5.42. The minimum absolute atomic E-state index is 0.0172. The van der Waals surface area contributed by atoms with E-state index < -0.39 is 62.7 Å². The number of rotatable bonds is 14. The number of alkyl halides is 6. The van der Waals surface area contributed by atoms with Crippen molar-refractivity contribution in [2.75, 3.05) is 19.8 Å². The van der Waals surface area contributed by atoms with Gasteiger partial charge >= 0.3 is 12.2 Å². The molecule has 1 amide bonds. The topological polar surface area (TPSA) is 111 Å². The van der Waals surface area contributed by atoms with E-state index in [1.54, 1.807) is 0 Å². The van der Waals surface area contributed by atoms with Crippen LogP contribution in [0, 0.1) is 0 Å². The highest BCUT2D eigenvalue weighted by Crippen LogP contribution is 2.41. The first-order valence-electron chi connectivity index (χ1n) is 14.2. The van der Waals surface area contributed by atoms with Gasteiger partial charge in [0.1, 0.15) is 24.9 Å². The Kier molecular flexibility index (Phi) is 15.5. The third-order valence-corrected chi connectivity index (χ3v) is 8.30. The zero-order valence-corrected chi connectivity index (χ0v) is 30.0. The van der Waals surface area contributed by atoms with Crippen LogP contribution in [0.15, 0.2) is 73.3 Å². The van der Waals surface area contributed by atoms with Gasteiger partial charge in [0, 0.05) is 0 Å². The zero-order chi connectivity index (χ0) is 34.7. The van der Waals surface area contributed by atoms with Gasteiger partial charge in [0.2, 0.25) is 7.59 Å². The molecule has 1 heterocycles. The molecule has 0 saturated carbocycles. The molecule has 10 nitrogen and oxygen atoms in total. The molecule has 1 aliphatic rings. The van der Waals surface area contributed by atoms with Crippen molar-refractivity contribution in [1.82, 2.24) is 5.32 Å². The quantitative estimate of drug-likeness (QED) is 0.117. The summed E-state index contributed by atoms with van der Waals surface area (Å²) in [5.74, 6) is 0. The monoisotopic (exact) mass is 775 g/mol. The van der Waals surface area contributed by atoms with Crippen LogP contribution < -0.4 is 5.32 Å². The number of nitrogens with one attached hydrogen (secondary N) is 1. The number of carbonyl (C=O) groups is 2. The zero-order valence-electron chi connectivity index (χ0n) is 25.4. The summed E-state index contributed by atoms with van der Waals surface area (Å²) in [7, 11) is 0. The fourth-order valence-electron chi connectivity index (χ4n) is 4.20. The number of halogens is 6. The van der Waals surface area contributed by atoms with E-state index in [1.165, 1.54) is 19.9 Å². The predicted octanol–water partition coefficient (Wildman–Crippen LogP) is 7.85. The van der Waals surface area contributed by atoms with Crippen molar-refractivity contribution in [3.05, 3.63) is 84.4 Å². The molecule has 0 bridgehead atoms. The second kappa shape index (κ2) is 18.3. The Morgan fingerprint density at radius 2 is 1.49 bits per heavy atom. The third kappa shape index (κ3) is 13.3. The van der Waals surface area contributed by atoms with Gasteiger partial charge in [-0.15, -0.1) is 6.58 Å². The van der Waals surface area contributed by atoms with Gasteiger partial charge in [-0.25, -0.2) is 9.59 Å². The number of amides is 1. The molecule has 0 aromatic heterocycles. The average molecular weight is 778 g/mol. The van der Waals surface area contributed by atoms with E-state index in [1.807, 2.05) is 60.7 Å². The maximum absolute atomic E-state index is 13.3. The highest BCUT2D eigenvalue weighted by atomic mass is 35.6. The fraction of sp³-hybridized carbons (Fsp3) is 0.484. The summed E-state index contributed by atoms with van der Waals surface area (Å²) in [4.78, 5) is 26.2. The van der Waals surface area contributed by atoms with E-state index in [9.17, 15) is 9.59 Å². The smallest absolute Gasteiger partial charge is 0.445 e. The van der Waals surface area contributed by atoms with Gasteiger partial charge in [0.15, 0.2) is 18.0 Å². The fourth-order valence-corrected chi connectivity index (χ4v) is 4.48. The molecule has 260 valence electrons. The van der Waals surface area contributed by atoms with Gasteiger partial charge in [-0.2, -0.15) is 0 Å². The van der Waals surface area contributed by atoms with E-state index in [-0.39, 0.29) is 26.4 Å². The van der Waals surface area contributed by atoms with Gasteiger partial charge in [0.05, 0.1) is 26.4 Å². The Morgan fingerprint density at radius 3 is 2.04 bits per heavy atom. The average Bonchev–Trinajstić information content (AvgIpc) is 2.99. The summed E-state index contributed by atoms with van der Waals surface area (Å²) in [5.41, 5.74) is 0.0709. The summed E-state index contributed by atoms with van der Waals surface area (Å²) >= 11 is 35.4. The lowest BCUT2D eigenvalue weighted by molar-refractivity contribution is -0.281. The lowest BCUT2D eigenvalue weighted by atomic mass is 9.96. The number of hydrogen-bond donors (Lipinski definition) is 1. The molecule has 0 radical (unpaired) electrons. The number of alkyl carbamates (subject to hydrolysis) is 1. The summed E-state index contributed by atoms with van der Waals surface area (Å²) in [5, 5.41) is 2.58. The Balaban J connectivity index is 1.98. The number of carbonyl (C=O) groups excluding carboxylic acids is 2. The molecular formula is C31H35Cl6NO9. The van der Waals surface area contributed by atoms with Crippen molar-refractivity contribution in [1.29, 1.82) is 0 Å². The number of ether oxygens (including phenoxy) is 7. The molecule has 1 fully saturated rings. The Bertz CT molecular complexity index is 1280. The first kappa shape index (κ1) is 39.7. The largest absolute Gasteiger partial charge is 0.509 e. The first-order chi connectivity index (χ1) is 22.1. The van der Waals surface area contributed by atoms with Crippen LogP contribution in [-0.2, 0) is 46.4 Å². The number of benzene rings is 2. The minimum atomic E-state index is -2.02. The van der Waals surface area contributed by atoms with Crippen LogP contribution in [-0.4, -0.2) is 75.9 Å². The molecule has 0 aliphatic carbocycles. The Hall–Kier alpha value is -1.70. The van der Waals surface area contributed by atoms with E-state index in [4.69, 9.17) is 103 Å². The van der Waals surface area contributed by atoms with Gasteiger partial charge in [0.25, 0.3) is 0 Å². The van der Waals surface area contributed by atoms with Crippen LogP contribution in [0.1, 0.15) is 25.0 Å². The molecule has 5 atom stereocenters. The van der Waals surface area contributed by atoms with Crippen molar-refractivity contribution in [3.63, 3.8) is 0 Å². The lowest BCUT2D eigenvalue weighted by Gasteiger charge is -2.45. The van der Waals surface area contributed by atoms with Crippen molar-refractivity contribution in [3.8, 4) is 0 Å². The van der Waals surface area contributed by atoms with Gasteiger partial charge in [-0.3, -0.25) is 0 Å². The summed E-state index contributed by atoms with van der Waals surface area (Å²) < 4.78 is 36.9. The van der Waals surface area contributed by atoms with Gasteiger partial charge in [-0.1, -0.05) is 136 Å². The molecule has 1 saturated heterocycles. The highest BCUT2D eigenvalue weighted by Gasteiger charge is 2.52. The van der Waals surface area contributed by atoms with Crippen LogP contribution in [0.3, 0.4) is 0 Å². The van der Waals surface area contributed by atoms with E-state index in [0.29, 0.717) is 0 Å². The van der Waals surface area contributed by atoms with Crippen molar-refractivity contribution >= 4 is 81.9 Å². The second-order valence-corrected chi connectivity index (χ2v) is 15.5. The highest BCUT2D eigenvalue weighted by molar-refractivity contribution is 6.68. The molecule has 2 aromatic rings. The van der Waals surface area contributed by atoms with E-state index in [2.05, 4.69) is 11.9 Å². The molecule has 1 N–H and O–H groups in total. The molecule has 16 heteroatoms. The van der Waals surface area contributed by atoms with Crippen LogP contribution >= 0.6 is 69.6 Å². The maximum Gasteiger partial charge on any atom is 0.509 e. The standard InChI is InChI=1S/C31H35Cl6NO9/c1-4-15-42-26-23(38-27(39)44-19-30(32,33)34)25(46-28(40)47-29(2,3)31(35,36)37)24(43-17-21-13-9-6-10-14-21)22(45-26)18-41-16-20-11-7-5-8-12-20/h4-14,22-26H,1,15-19H2,2-3H3,(H,38,39)/t22-,23-,24-,25-,26+/m1/s1. The minimum Gasteiger partial charge on any atom is -0.445 e. The Labute approximate surface area is 303 Å². The molecule has 1 aliphatic heterocycles. The normalized spacial score (nSPS) is 21.8. The third-order valence-electron chi connectivity index (χ3n) is 6.61. The predicted molar refractivity (Wildman–Crippen MR) is 180 cm³/mol. The maximum atomic E-state index is 13.3. The lowest BCUT2D eigenvalue weighted by Crippen LogP contribution is -2.66. The van der Waals surface area contributed by atoms with Crippen molar-refractivity contribution in [2.45, 2.75) is 70.9 Å². The van der Waals surface area contributed by atoms with Crippen LogP contribution in [0.25, 0.3) is 0 Å². The van der Waals surface area contributed by atoms with Crippen molar-refractivity contribution in [2.24, 2.45) is 0 Å². The molecule has 3 rings (SSSR count). The van der Waals surface area contributed by atoms with Crippen LogP contribution in [0.2, 0.25) is 0 Å². The molecule has 0 spiro atoms. The summed E-state index contributed by atoms with van der Waals surface area (Å²) in [6, 6.07) is 17.4. The van der Waals surface area contributed by atoms with Crippen LogP contribution in [0.4, 0.5) is 9.59 Å². The van der Waals surface area contributed by atoms with E-state index in [0.717, 1.165) is 11.1 Å². The van der Waals surface area contributed by atoms with Gasteiger partial charge < -0.3 is 38.5 Å². The van der Waals surface area contributed by atoms with E-state index >= 15 is 0 Å². The molecule has 0 unspecified atom stereocenters. The van der Waals surface area contributed by atoms with Crippen molar-refractivity contribution < 1.29 is 42.7 Å².